The van der Waals surface area contributed by atoms with Gasteiger partial charge in [0, 0.05) is 24.7 Å². The van der Waals surface area contributed by atoms with Gasteiger partial charge in [0.1, 0.15) is 11.9 Å². The number of aryl methyl sites for hydroxylation is 1. The summed E-state index contributed by atoms with van der Waals surface area (Å²) in [6.45, 7) is 4.54. The lowest BCUT2D eigenvalue weighted by Crippen LogP contribution is -2.47. The van der Waals surface area contributed by atoms with Crippen LogP contribution in [-0.2, 0) is 9.59 Å². The van der Waals surface area contributed by atoms with Gasteiger partial charge in [-0.2, -0.15) is 4.98 Å². The van der Waals surface area contributed by atoms with Gasteiger partial charge in [0.15, 0.2) is 0 Å². The van der Waals surface area contributed by atoms with E-state index in [4.69, 9.17) is 0 Å². The molecule has 2 rings (SSSR count). The zero-order chi connectivity index (χ0) is 13.8. The van der Waals surface area contributed by atoms with Crippen molar-refractivity contribution in [2.24, 2.45) is 0 Å². The van der Waals surface area contributed by atoms with E-state index < -0.39 is 6.04 Å². The second-order valence-corrected chi connectivity index (χ2v) is 4.40. The van der Waals surface area contributed by atoms with Crippen LogP contribution in [-0.4, -0.2) is 34.4 Å². The standard InChI is InChI=1S/C12H17N5O2/c1-3-13-12-14-7(2)6-9(16-12)15-8-4-5-10(18)17-11(8)19/h6,8H,3-5H2,1-2H3,(H,17,18,19)(H2,13,14,15,16). The first-order valence-electron chi connectivity index (χ1n) is 6.28. The van der Waals surface area contributed by atoms with E-state index in [1.165, 1.54) is 0 Å². The van der Waals surface area contributed by atoms with Crippen LogP contribution in [0.2, 0.25) is 0 Å². The monoisotopic (exact) mass is 263 g/mol. The van der Waals surface area contributed by atoms with Gasteiger partial charge in [-0.05, 0) is 20.3 Å². The average Bonchev–Trinajstić information content (AvgIpc) is 2.32. The molecule has 0 spiro atoms. The molecule has 19 heavy (non-hydrogen) atoms. The van der Waals surface area contributed by atoms with Crippen LogP contribution in [0, 0.1) is 6.92 Å². The lowest BCUT2D eigenvalue weighted by atomic mass is 10.1. The van der Waals surface area contributed by atoms with Gasteiger partial charge in [-0.25, -0.2) is 4.98 Å². The minimum atomic E-state index is -0.429. The highest BCUT2D eigenvalue weighted by Crippen LogP contribution is 2.14. The molecule has 2 heterocycles. The van der Waals surface area contributed by atoms with Gasteiger partial charge in [-0.1, -0.05) is 0 Å². The minimum absolute atomic E-state index is 0.227. The van der Waals surface area contributed by atoms with Crippen LogP contribution >= 0.6 is 0 Å². The molecule has 1 saturated heterocycles. The molecular weight excluding hydrogens is 246 g/mol. The van der Waals surface area contributed by atoms with Gasteiger partial charge in [-0.3, -0.25) is 14.9 Å². The molecule has 1 aromatic heterocycles. The Morgan fingerprint density at radius 2 is 2.21 bits per heavy atom. The van der Waals surface area contributed by atoms with Crippen molar-refractivity contribution in [2.75, 3.05) is 17.2 Å². The van der Waals surface area contributed by atoms with E-state index in [0.717, 1.165) is 12.2 Å². The van der Waals surface area contributed by atoms with E-state index in [-0.39, 0.29) is 11.8 Å². The molecule has 1 aliphatic rings. The first-order chi connectivity index (χ1) is 9.08. The molecule has 1 aromatic rings. The van der Waals surface area contributed by atoms with Crippen LogP contribution in [0.5, 0.6) is 0 Å². The Morgan fingerprint density at radius 3 is 2.89 bits per heavy atom. The molecule has 7 heteroatoms. The Morgan fingerprint density at radius 1 is 1.42 bits per heavy atom. The van der Waals surface area contributed by atoms with Crippen molar-refractivity contribution in [1.29, 1.82) is 0 Å². The second-order valence-electron chi connectivity index (χ2n) is 4.40. The number of rotatable bonds is 4. The van der Waals surface area contributed by atoms with Crippen LogP contribution < -0.4 is 16.0 Å². The summed E-state index contributed by atoms with van der Waals surface area (Å²) >= 11 is 0. The Hall–Kier alpha value is -2.18. The third-order valence-corrected chi connectivity index (χ3v) is 2.75. The van der Waals surface area contributed by atoms with Crippen molar-refractivity contribution in [2.45, 2.75) is 32.7 Å². The van der Waals surface area contributed by atoms with Crippen LogP contribution in [0.1, 0.15) is 25.5 Å². The summed E-state index contributed by atoms with van der Waals surface area (Å²) in [4.78, 5) is 31.2. The summed E-state index contributed by atoms with van der Waals surface area (Å²) in [6.07, 6.45) is 0.817. The highest BCUT2D eigenvalue weighted by molar-refractivity contribution is 6.01. The molecule has 7 nitrogen and oxygen atoms in total. The number of hydrogen-bond donors (Lipinski definition) is 3. The number of anilines is 2. The van der Waals surface area contributed by atoms with Gasteiger partial charge in [0.05, 0.1) is 0 Å². The fourth-order valence-electron chi connectivity index (χ4n) is 1.89. The van der Waals surface area contributed by atoms with Gasteiger partial charge in [-0.15, -0.1) is 0 Å². The minimum Gasteiger partial charge on any atom is -0.358 e. The quantitative estimate of drug-likeness (QED) is 0.682. The summed E-state index contributed by atoms with van der Waals surface area (Å²) in [5.74, 6) is 0.572. The zero-order valence-electron chi connectivity index (χ0n) is 11.0. The lowest BCUT2D eigenvalue weighted by Gasteiger charge is -2.22. The second kappa shape index (κ2) is 5.64. The molecule has 1 atom stereocenters. The van der Waals surface area contributed by atoms with Gasteiger partial charge >= 0.3 is 0 Å². The molecule has 1 fully saturated rings. The Balaban J connectivity index is 2.10. The normalized spacial score (nSPS) is 18.9. The summed E-state index contributed by atoms with van der Waals surface area (Å²) in [7, 11) is 0. The number of carbonyl (C=O) groups excluding carboxylic acids is 2. The Bertz CT molecular complexity index is 503. The average molecular weight is 263 g/mol. The molecule has 0 aromatic carbocycles. The molecule has 102 valence electrons. The maximum Gasteiger partial charge on any atom is 0.249 e. The topological polar surface area (TPSA) is 96.0 Å². The van der Waals surface area contributed by atoms with E-state index in [1.54, 1.807) is 6.07 Å². The van der Waals surface area contributed by atoms with Crippen molar-refractivity contribution in [3.63, 3.8) is 0 Å². The van der Waals surface area contributed by atoms with Crippen molar-refractivity contribution in [3.05, 3.63) is 11.8 Å². The highest BCUT2D eigenvalue weighted by Gasteiger charge is 2.26. The number of nitrogens with zero attached hydrogens (tertiary/aromatic N) is 2. The smallest absolute Gasteiger partial charge is 0.249 e. The number of aromatic nitrogens is 2. The number of carbonyl (C=O) groups is 2. The van der Waals surface area contributed by atoms with Gasteiger partial charge in [0.2, 0.25) is 17.8 Å². The lowest BCUT2D eigenvalue weighted by molar-refractivity contribution is -0.133. The summed E-state index contributed by atoms with van der Waals surface area (Å²) < 4.78 is 0. The molecule has 0 radical (unpaired) electrons. The predicted octanol–water partition coefficient (Wildman–Crippen LogP) is 0.434. The van der Waals surface area contributed by atoms with E-state index in [9.17, 15) is 9.59 Å². The maximum atomic E-state index is 11.7. The molecule has 0 aliphatic carbocycles. The summed E-state index contributed by atoms with van der Waals surface area (Å²) in [6, 6.07) is 1.34. The van der Waals surface area contributed by atoms with Crippen LogP contribution in [0.4, 0.5) is 11.8 Å². The van der Waals surface area contributed by atoms with E-state index in [0.29, 0.717) is 24.6 Å². The van der Waals surface area contributed by atoms with Crippen LogP contribution in [0.3, 0.4) is 0 Å². The highest BCUT2D eigenvalue weighted by atomic mass is 16.2. The van der Waals surface area contributed by atoms with Gasteiger partial charge in [0.25, 0.3) is 0 Å². The zero-order valence-corrected chi connectivity index (χ0v) is 11.0. The number of amides is 2. The van der Waals surface area contributed by atoms with Crippen LogP contribution in [0.15, 0.2) is 6.07 Å². The van der Waals surface area contributed by atoms with Crippen molar-refractivity contribution in [3.8, 4) is 0 Å². The molecule has 0 saturated carbocycles. The number of nitrogens with one attached hydrogen (secondary N) is 3. The molecule has 1 unspecified atom stereocenters. The Labute approximate surface area is 111 Å². The maximum absolute atomic E-state index is 11.7. The third-order valence-electron chi connectivity index (χ3n) is 2.75. The molecular formula is C12H17N5O2. The number of piperidine rings is 1. The SMILES string of the molecule is CCNc1nc(C)cc(NC2CCC(=O)NC2=O)n1. The fourth-order valence-corrected chi connectivity index (χ4v) is 1.89. The van der Waals surface area contributed by atoms with Crippen LogP contribution in [0.25, 0.3) is 0 Å². The summed E-state index contributed by atoms with van der Waals surface area (Å²) in [5.41, 5.74) is 0.806. The van der Waals surface area contributed by atoms with Crippen molar-refractivity contribution >= 4 is 23.6 Å². The number of imide groups is 1. The van der Waals surface area contributed by atoms with Crippen molar-refractivity contribution < 1.29 is 9.59 Å². The first kappa shape index (κ1) is 13.3. The fraction of sp³-hybridized carbons (Fsp3) is 0.500. The molecule has 3 N–H and O–H groups in total. The number of hydrogen-bond acceptors (Lipinski definition) is 6. The van der Waals surface area contributed by atoms with E-state index >= 15 is 0 Å². The molecule has 2 amide bonds. The summed E-state index contributed by atoms with van der Waals surface area (Å²) in [5, 5.41) is 8.37. The largest absolute Gasteiger partial charge is 0.358 e. The molecule has 1 aliphatic heterocycles. The van der Waals surface area contributed by atoms with E-state index in [2.05, 4.69) is 25.9 Å². The third kappa shape index (κ3) is 3.40. The predicted molar refractivity (Wildman–Crippen MR) is 70.7 cm³/mol. The molecule has 0 bridgehead atoms. The Kier molecular flexibility index (Phi) is 3.94. The first-order valence-corrected chi connectivity index (χ1v) is 6.28. The van der Waals surface area contributed by atoms with Crippen molar-refractivity contribution in [1.82, 2.24) is 15.3 Å². The van der Waals surface area contributed by atoms with E-state index in [1.807, 2.05) is 13.8 Å². The van der Waals surface area contributed by atoms with Gasteiger partial charge < -0.3 is 10.6 Å².